The third kappa shape index (κ3) is 4.02. The van der Waals surface area contributed by atoms with Crippen LogP contribution in [0.25, 0.3) is 0 Å². The molecule has 0 fully saturated rings. The Kier molecular flexibility index (Phi) is 5.12. The molecule has 0 unspecified atom stereocenters. The molecular formula is C14H10Cl2N2O5S. The first-order valence-electron chi connectivity index (χ1n) is 6.34. The van der Waals surface area contributed by atoms with E-state index in [1.54, 1.807) is 0 Å². The number of rotatable bonds is 4. The lowest BCUT2D eigenvalue weighted by Crippen LogP contribution is -2.13. The molecule has 0 aliphatic rings. The maximum absolute atomic E-state index is 12.2. The highest BCUT2D eigenvalue weighted by molar-refractivity contribution is 7.90. The van der Waals surface area contributed by atoms with E-state index in [9.17, 15) is 23.3 Å². The fraction of sp³-hybridized carbons (Fsp3) is 0.0714. The van der Waals surface area contributed by atoms with Crippen LogP contribution in [0.4, 0.5) is 11.4 Å². The van der Waals surface area contributed by atoms with Crippen molar-refractivity contribution in [1.82, 2.24) is 0 Å². The summed E-state index contributed by atoms with van der Waals surface area (Å²) in [6, 6.07) is 7.38. The van der Waals surface area contributed by atoms with Gasteiger partial charge in [0.05, 0.1) is 25.6 Å². The maximum atomic E-state index is 12.2. The Bertz CT molecular complexity index is 904. The molecule has 0 saturated heterocycles. The summed E-state index contributed by atoms with van der Waals surface area (Å²) in [5.41, 5.74) is -0.102. The van der Waals surface area contributed by atoms with Crippen LogP contribution in [0.5, 0.6) is 0 Å². The molecule has 24 heavy (non-hydrogen) atoms. The zero-order chi connectivity index (χ0) is 18.1. The van der Waals surface area contributed by atoms with Gasteiger partial charge < -0.3 is 5.32 Å². The van der Waals surface area contributed by atoms with Gasteiger partial charge in [0.25, 0.3) is 11.6 Å². The fourth-order valence-corrected chi connectivity index (χ4v) is 3.02. The van der Waals surface area contributed by atoms with Crippen LogP contribution in [0.15, 0.2) is 41.3 Å². The monoisotopic (exact) mass is 388 g/mol. The molecule has 0 bridgehead atoms. The van der Waals surface area contributed by atoms with Crippen LogP contribution in [0, 0.1) is 10.1 Å². The van der Waals surface area contributed by atoms with Gasteiger partial charge in [-0.2, -0.15) is 0 Å². The van der Waals surface area contributed by atoms with Crippen molar-refractivity contribution in [3.8, 4) is 0 Å². The minimum absolute atomic E-state index is 0.0288. The molecule has 0 saturated carbocycles. The number of anilines is 1. The molecule has 1 amide bonds. The molecule has 7 nitrogen and oxygen atoms in total. The Morgan fingerprint density at radius 2 is 1.62 bits per heavy atom. The minimum Gasteiger partial charge on any atom is -0.319 e. The summed E-state index contributed by atoms with van der Waals surface area (Å²) in [6.45, 7) is 0. The lowest BCUT2D eigenvalue weighted by molar-refractivity contribution is -0.384. The van der Waals surface area contributed by atoms with E-state index in [0.29, 0.717) is 0 Å². The summed E-state index contributed by atoms with van der Waals surface area (Å²) in [5, 5.41) is 13.0. The number of sulfone groups is 1. The number of carbonyl (C=O) groups is 1. The van der Waals surface area contributed by atoms with Gasteiger partial charge in [-0.25, -0.2) is 8.42 Å². The van der Waals surface area contributed by atoms with Crippen molar-refractivity contribution in [3.05, 3.63) is 62.1 Å². The molecule has 0 aromatic heterocycles. The van der Waals surface area contributed by atoms with Gasteiger partial charge in [-0.15, -0.1) is 0 Å². The molecule has 0 radical (unpaired) electrons. The van der Waals surface area contributed by atoms with E-state index in [2.05, 4.69) is 5.32 Å². The molecule has 1 N–H and O–H groups in total. The highest BCUT2D eigenvalue weighted by Crippen LogP contribution is 2.34. The second kappa shape index (κ2) is 6.76. The Morgan fingerprint density at radius 1 is 1.12 bits per heavy atom. The minimum atomic E-state index is -3.37. The second-order valence-electron chi connectivity index (χ2n) is 4.79. The number of nitro benzene ring substituents is 1. The predicted octanol–water partition coefficient (Wildman–Crippen LogP) is 3.56. The van der Waals surface area contributed by atoms with E-state index in [1.807, 2.05) is 0 Å². The Balaban J connectivity index is 2.28. The van der Waals surface area contributed by atoms with Crippen molar-refractivity contribution >= 4 is 50.3 Å². The number of hydrogen-bond acceptors (Lipinski definition) is 5. The first kappa shape index (κ1) is 18.2. The summed E-state index contributed by atoms with van der Waals surface area (Å²) in [5.74, 6) is -0.590. The number of nitrogens with zero attached hydrogens (tertiary/aromatic N) is 1. The van der Waals surface area contributed by atoms with Gasteiger partial charge in [0.15, 0.2) is 9.84 Å². The average molecular weight is 389 g/mol. The first-order valence-corrected chi connectivity index (χ1v) is 8.99. The average Bonchev–Trinajstić information content (AvgIpc) is 2.49. The van der Waals surface area contributed by atoms with Crippen molar-refractivity contribution in [2.45, 2.75) is 4.90 Å². The standard InChI is InChI=1S/C14H10Cl2N2O5S/c1-24(22,23)10-4-2-8(3-5-10)14(19)17-13-11(15)6-9(18(20)21)7-12(13)16/h2-7H,1H3,(H,17,19). The van der Waals surface area contributed by atoms with Crippen LogP contribution < -0.4 is 5.32 Å². The molecular weight excluding hydrogens is 379 g/mol. The molecule has 2 rings (SSSR count). The van der Waals surface area contributed by atoms with Crippen molar-refractivity contribution < 1.29 is 18.1 Å². The highest BCUT2D eigenvalue weighted by Gasteiger charge is 2.17. The summed E-state index contributed by atoms with van der Waals surface area (Å²) in [4.78, 5) is 22.3. The number of nitro groups is 1. The summed E-state index contributed by atoms with van der Waals surface area (Å²) >= 11 is 11.8. The van der Waals surface area contributed by atoms with E-state index < -0.39 is 20.7 Å². The molecule has 10 heteroatoms. The predicted molar refractivity (Wildman–Crippen MR) is 90.6 cm³/mol. The molecule has 0 aliphatic heterocycles. The van der Waals surface area contributed by atoms with E-state index in [1.165, 1.54) is 24.3 Å². The van der Waals surface area contributed by atoms with E-state index in [0.717, 1.165) is 18.4 Å². The normalized spacial score (nSPS) is 11.1. The van der Waals surface area contributed by atoms with E-state index in [-0.39, 0.29) is 31.9 Å². The van der Waals surface area contributed by atoms with Gasteiger partial charge in [0.2, 0.25) is 0 Å². The van der Waals surface area contributed by atoms with Gasteiger partial charge in [-0.3, -0.25) is 14.9 Å². The van der Waals surface area contributed by atoms with Gasteiger partial charge in [-0.05, 0) is 24.3 Å². The summed E-state index contributed by atoms with van der Waals surface area (Å²) < 4.78 is 22.8. The van der Waals surface area contributed by atoms with Crippen LogP contribution in [0.3, 0.4) is 0 Å². The van der Waals surface area contributed by atoms with Crippen molar-refractivity contribution in [1.29, 1.82) is 0 Å². The summed E-state index contributed by atoms with van der Waals surface area (Å²) in [6.07, 6.45) is 1.05. The number of nitrogens with one attached hydrogen (secondary N) is 1. The van der Waals surface area contributed by atoms with Crippen LogP contribution in [-0.2, 0) is 9.84 Å². The van der Waals surface area contributed by atoms with Crippen LogP contribution >= 0.6 is 23.2 Å². The van der Waals surface area contributed by atoms with Crippen LogP contribution in [0.2, 0.25) is 10.0 Å². The topological polar surface area (TPSA) is 106 Å². The molecule has 2 aromatic rings. The van der Waals surface area contributed by atoms with Crippen molar-refractivity contribution in [2.75, 3.05) is 11.6 Å². The van der Waals surface area contributed by atoms with E-state index in [4.69, 9.17) is 23.2 Å². The molecule has 0 heterocycles. The SMILES string of the molecule is CS(=O)(=O)c1ccc(C(=O)Nc2c(Cl)cc([N+](=O)[O-])cc2Cl)cc1. The first-order chi connectivity index (χ1) is 11.1. The van der Waals surface area contributed by atoms with Crippen LogP contribution in [0.1, 0.15) is 10.4 Å². The molecule has 2 aromatic carbocycles. The lowest BCUT2D eigenvalue weighted by Gasteiger charge is -2.09. The Labute approximate surface area is 147 Å². The van der Waals surface area contributed by atoms with Crippen LogP contribution in [-0.4, -0.2) is 25.5 Å². The third-order valence-corrected chi connectivity index (χ3v) is 4.75. The second-order valence-corrected chi connectivity index (χ2v) is 7.62. The molecule has 126 valence electrons. The highest BCUT2D eigenvalue weighted by atomic mass is 35.5. The molecule has 0 spiro atoms. The number of amides is 1. The van der Waals surface area contributed by atoms with Crippen molar-refractivity contribution in [2.24, 2.45) is 0 Å². The maximum Gasteiger partial charge on any atom is 0.272 e. The number of hydrogen-bond donors (Lipinski definition) is 1. The number of non-ortho nitro benzene ring substituents is 1. The van der Waals surface area contributed by atoms with Crippen molar-refractivity contribution in [3.63, 3.8) is 0 Å². The fourth-order valence-electron chi connectivity index (χ4n) is 1.82. The zero-order valence-electron chi connectivity index (χ0n) is 12.1. The largest absolute Gasteiger partial charge is 0.319 e. The number of halogens is 2. The van der Waals surface area contributed by atoms with Gasteiger partial charge >= 0.3 is 0 Å². The van der Waals surface area contributed by atoms with Gasteiger partial charge in [-0.1, -0.05) is 23.2 Å². The lowest BCUT2D eigenvalue weighted by atomic mass is 10.2. The Hall–Kier alpha value is -2.16. The quantitative estimate of drug-likeness (QED) is 0.636. The molecule has 0 atom stereocenters. The third-order valence-electron chi connectivity index (χ3n) is 3.02. The molecule has 0 aliphatic carbocycles. The van der Waals surface area contributed by atoms with Gasteiger partial charge in [0, 0.05) is 24.0 Å². The number of benzene rings is 2. The number of carbonyl (C=O) groups excluding carboxylic acids is 1. The van der Waals surface area contributed by atoms with Gasteiger partial charge in [0.1, 0.15) is 0 Å². The van der Waals surface area contributed by atoms with E-state index >= 15 is 0 Å². The Morgan fingerprint density at radius 3 is 2.04 bits per heavy atom. The summed E-state index contributed by atoms with van der Waals surface area (Å²) in [7, 11) is -3.37. The smallest absolute Gasteiger partial charge is 0.272 e. The zero-order valence-corrected chi connectivity index (χ0v) is 14.4.